The molecule has 1 aromatic rings. The molecule has 1 aliphatic heterocycles. The quantitative estimate of drug-likeness (QED) is 0.898. The van der Waals surface area contributed by atoms with Crippen molar-refractivity contribution in [3.05, 3.63) is 29.8 Å². The monoisotopic (exact) mass is 289 g/mol. The van der Waals surface area contributed by atoms with E-state index in [1.165, 1.54) is 30.6 Å². The van der Waals surface area contributed by atoms with E-state index in [4.69, 9.17) is 0 Å². The van der Waals surface area contributed by atoms with Gasteiger partial charge < -0.3 is 15.1 Å². The maximum absolute atomic E-state index is 3.54. The molecule has 2 rings (SSSR count). The Kier molecular flexibility index (Phi) is 5.28. The van der Waals surface area contributed by atoms with Crippen molar-refractivity contribution in [3.8, 4) is 0 Å². The van der Waals surface area contributed by atoms with Crippen LogP contribution in [0.4, 0.5) is 5.69 Å². The fourth-order valence-electron chi connectivity index (χ4n) is 2.96. The minimum absolute atomic E-state index is 0.171. The Morgan fingerprint density at radius 2 is 1.86 bits per heavy atom. The number of benzene rings is 1. The summed E-state index contributed by atoms with van der Waals surface area (Å²) < 4.78 is 0. The molecule has 3 heteroatoms. The zero-order valence-corrected chi connectivity index (χ0v) is 14.3. The van der Waals surface area contributed by atoms with Crippen molar-refractivity contribution in [2.75, 3.05) is 32.1 Å². The smallest absolute Gasteiger partial charge is 0.0417 e. The van der Waals surface area contributed by atoms with Gasteiger partial charge in [0.25, 0.3) is 0 Å². The molecule has 0 bridgehead atoms. The second-order valence-corrected chi connectivity index (χ2v) is 7.52. The first-order chi connectivity index (χ1) is 9.85. The second kappa shape index (κ2) is 6.80. The van der Waals surface area contributed by atoms with E-state index < -0.39 is 0 Å². The average Bonchev–Trinajstić information content (AvgIpc) is 2.83. The van der Waals surface area contributed by atoms with Crippen LogP contribution in [-0.2, 0) is 6.54 Å². The third-order valence-electron chi connectivity index (χ3n) is 4.04. The van der Waals surface area contributed by atoms with Crippen molar-refractivity contribution in [3.63, 3.8) is 0 Å². The van der Waals surface area contributed by atoms with E-state index in [0.29, 0.717) is 6.04 Å². The molecule has 1 saturated heterocycles. The highest BCUT2D eigenvalue weighted by atomic mass is 15.2. The van der Waals surface area contributed by atoms with E-state index >= 15 is 0 Å². The zero-order chi connectivity index (χ0) is 15.5. The van der Waals surface area contributed by atoms with E-state index in [1.807, 2.05) is 0 Å². The maximum Gasteiger partial charge on any atom is 0.0417 e. The van der Waals surface area contributed by atoms with Crippen LogP contribution < -0.4 is 10.2 Å². The molecular formula is C18H31N3. The lowest BCUT2D eigenvalue weighted by Crippen LogP contribution is -2.37. The molecule has 1 N–H and O–H groups in total. The Balaban J connectivity index is 1.98. The maximum atomic E-state index is 3.54. The van der Waals surface area contributed by atoms with E-state index in [2.05, 4.69) is 74.2 Å². The van der Waals surface area contributed by atoms with Gasteiger partial charge in [0.15, 0.2) is 0 Å². The number of nitrogens with one attached hydrogen (secondary N) is 1. The molecule has 0 spiro atoms. The first-order valence-corrected chi connectivity index (χ1v) is 8.10. The molecule has 0 radical (unpaired) electrons. The van der Waals surface area contributed by atoms with Crippen LogP contribution in [0.2, 0.25) is 0 Å². The Labute approximate surface area is 130 Å². The van der Waals surface area contributed by atoms with Gasteiger partial charge in [-0.1, -0.05) is 12.1 Å². The number of likely N-dealkylation sites (N-methyl/N-ethyl adjacent to an activating group) is 1. The minimum atomic E-state index is 0.171. The van der Waals surface area contributed by atoms with E-state index in [0.717, 1.165) is 13.1 Å². The van der Waals surface area contributed by atoms with Gasteiger partial charge in [0.2, 0.25) is 0 Å². The summed E-state index contributed by atoms with van der Waals surface area (Å²) in [6, 6.07) is 9.76. The third kappa shape index (κ3) is 5.01. The third-order valence-corrected chi connectivity index (χ3v) is 4.04. The molecule has 0 saturated carbocycles. The number of hydrogen-bond donors (Lipinski definition) is 1. The van der Waals surface area contributed by atoms with Gasteiger partial charge in [0.05, 0.1) is 0 Å². The van der Waals surface area contributed by atoms with Gasteiger partial charge in [0.1, 0.15) is 0 Å². The number of hydrogen-bond acceptors (Lipinski definition) is 3. The molecule has 118 valence electrons. The zero-order valence-electron chi connectivity index (χ0n) is 14.3. The van der Waals surface area contributed by atoms with Gasteiger partial charge in [-0.15, -0.1) is 0 Å². The van der Waals surface area contributed by atoms with E-state index in [1.54, 1.807) is 0 Å². The molecule has 1 aliphatic rings. The minimum Gasteiger partial charge on any atom is -0.367 e. The summed E-state index contributed by atoms with van der Waals surface area (Å²) in [7, 11) is 4.33. The largest absolute Gasteiger partial charge is 0.367 e. The van der Waals surface area contributed by atoms with Gasteiger partial charge in [0, 0.05) is 36.9 Å². The summed E-state index contributed by atoms with van der Waals surface area (Å²) in [4.78, 5) is 4.87. The van der Waals surface area contributed by atoms with Crippen LogP contribution in [0.25, 0.3) is 0 Å². The number of anilines is 1. The van der Waals surface area contributed by atoms with Gasteiger partial charge in [-0.2, -0.15) is 0 Å². The molecule has 0 amide bonds. The van der Waals surface area contributed by atoms with E-state index in [-0.39, 0.29) is 5.54 Å². The summed E-state index contributed by atoms with van der Waals surface area (Å²) in [5, 5.41) is 3.54. The summed E-state index contributed by atoms with van der Waals surface area (Å²) in [6.45, 7) is 9.89. The molecule has 0 aromatic heterocycles. The van der Waals surface area contributed by atoms with Crippen molar-refractivity contribution in [1.29, 1.82) is 0 Å². The first kappa shape index (κ1) is 16.3. The second-order valence-electron chi connectivity index (χ2n) is 7.52. The highest BCUT2D eigenvalue weighted by molar-refractivity contribution is 5.49. The highest BCUT2D eigenvalue weighted by Gasteiger charge is 2.24. The lowest BCUT2D eigenvalue weighted by Gasteiger charge is -2.29. The molecule has 0 aliphatic carbocycles. The van der Waals surface area contributed by atoms with Crippen molar-refractivity contribution >= 4 is 5.69 Å². The lowest BCUT2D eigenvalue weighted by atomic mass is 10.1. The SMILES string of the molecule is CN(C)CC1CCCN1c1ccc(CNC(C)(C)C)cc1. The van der Waals surface area contributed by atoms with Crippen LogP contribution in [0.1, 0.15) is 39.2 Å². The molecule has 1 aromatic carbocycles. The van der Waals surface area contributed by atoms with Crippen molar-refractivity contribution in [2.45, 2.75) is 51.7 Å². The van der Waals surface area contributed by atoms with E-state index in [9.17, 15) is 0 Å². The Morgan fingerprint density at radius 3 is 2.43 bits per heavy atom. The Bertz CT molecular complexity index is 431. The van der Waals surface area contributed by atoms with Crippen LogP contribution in [0.15, 0.2) is 24.3 Å². The fourth-order valence-corrected chi connectivity index (χ4v) is 2.96. The van der Waals surface area contributed by atoms with Crippen molar-refractivity contribution < 1.29 is 0 Å². The number of rotatable bonds is 5. The topological polar surface area (TPSA) is 18.5 Å². The average molecular weight is 289 g/mol. The van der Waals surface area contributed by atoms with Crippen molar-refractivity contribution in [2.24, 2.45) is 0 Å². The van der Waals surface area contributed by atoms with Crippen LogP contribution in [0, 0.1) is 0 Å². The van der Waals surface area contributed by atoms with Crippen LogP contribution in [0.3, 0.4) is 0 Å². The molecule has 1 heterocycles. The lowest BCUT2D eigenvalue weighted by molar-refractivity contribution is 0.372. The summed E-state index contributed by atoms with van der Waals surface area (Å²) in [5.41, 5.74) is 2.90. The van der Waals surface area contributed by atoms with Gasteiger partial charge in [-0.05, 0) is 65.4 Å². The Morgan fingerprint density at radius 1 is 1.19 bits per heavy atom. The number of nitrogens with zero attached hydrogens (tertiary/aromatic N) is 2. The first-order valence-electron chi connectivity index (χ1n) is 8.10. The summed E-state index contributed by atoms with van der Waals surface area (Å²) in [6.07, 6.45) is 2.62. The predicted molar refractivity (Wildman–Crippen MR) is 92.0 cm³/mol. The van der Waals surface area contributed by atoms with Gasteiger partial charge in [-0.3, -0.25) is 0 Å². The van der Waals surface area contributed by atoms with Crippen LogP contribution in [0.5, 0.6) is 0 Å². The Hall–Kier alpha value is -1.06. The molecule has 1 unspecified atom stereocenters. The molecule has 3 nitrogen and oxygen atoms in total. The summed E-state index contributed by atoms with van der Waals surface area (Å²) in [5.74, 6) is 0. The van der Waals surface area contributed by atoms with Gasteiger partial charge in [-0.25, -0.2) is 0 Å². The standard InChI is InChI=1S/C18H31N3/c1-18(2,3)19-13-15-8-10-16(11-9-15)21-12-6-7-17(21)14-20(4)5/h8-11,17,19H,6-7,12-14H2,1-5H3. The van der Waals surface area contributed by atoms with Crippen LogP contribution >= 0.6 is 0 Å². The molecular weight excluding hydrogens is 258 g/mol. The molecule has 21 heavy (non-hydrogen) atoms. The molecule has 1 fully saturated rings. The predicted octanol–water partition coefficient (Wildman–Crippen LogP) is 3.11. The fraction of sp³-hybridized carbons (Fsp3) is 0.667. The van der Waals surface area contributed by atoms with Crippen LogP contribution in [-0.4, -0.2) is 43.7 Å². The van der Waals surface area contributed by atoms with Gasteiger partial charge >= 0.3 is 0 Å². The summed E-state index contributed by atoms with van der Waals surface area (Å²) >= 11 is 0. The highest BCUT2D eigenvalue weighted by Crippen LogP contribution is 2.26. The molecule has 1 atom stereocenters. The normalized spacial score (nSPS) is 19.5. The van der Waals surface area contributed by atoms with Crippen molar-refractivity contribution in [1.82, 2.24) is 10.2 Å².